The minimum absolute atomic E-state index is 0.0566. The van der Waals surface area contributed by atoms with Gasteiger partial charge in [-0.2, -0.15) is 18.4 Å². The van der Waals surface area contributed by atoms with Gasteiger partial charge in [-0.05, 0) is 81.4 Å². The molecule has 2 aliphatic rings. The third-order valence-corrected chi connectivity index (χ3v) is 9.13. The van der Waals surface area contributed by atoms with E-state index in [2.05, 4.69) is 31.7 Å². The molecule has 0 unspecified atom stereocenters. The molecular formula is C34H45F3N10O4. The van der Waals surface area contributed by atoms with Gasteiger partial charge < -0.3 is 37.0 Å². The molecule has 2 aliphatic heterocycles. The molecule has 276 valence electrons. The first-order chi connectivity index (χ1) is 24.3. The minimum Gasteiger partial charge on any atom is -0.480 e. The van der Waals surface area contributed by atoms with Gasteiger partial charge in [0.1, 0.15) is 23.7 Å². The van der Waals surface area contributed by atoms with Crippen LogP contribution in [0.25, 0.3) is 0 Å². The number of piperidine rings is 1. The smallest absolute Gasteiger partial charge is 0.451 e. The van der Waals surface area contributed by atoms with Crippen LogP contribution in [0.1, 0.15) is 74.7 Å². The lowest BCUT2D eigenvalue weighted by Gasteiger charge is -2.34. The number of aliphatic imine (C=N–C) groups is 1. The van der Waals surface area contributed by atoms with Crippen molar-refractivity contribution in [3.63, 3.8) is 0 Å². The molecule has 51 heavy (non-hydrogen) atoms. The first-order valence-corrected chi connectivity index (χ1v) is 17.2. The molecule has 1 aromatic carbocycles. The van der Waals surface area contributed by atoms with Crippen LogP contribution in [0, 0.1) is 17.2 Å². The van der Waals surface area contributed by atoms with Gasteiger partial charge in [0.25, 0.3) is 0 Å². The Morgan fingerprint density at radius 3 is 2.41 bits per heavy atom. The summed E-state index contributed by atoms with van der Waals surface area (Å²) in [5.74, 6) is -2.69. The molecule has 14 nitrogen and oxygen atoms in total. The van der Waals surface area contributed by atoms with E-state index in [1.165, 1.54) is 6.07 Å². The molecule has 0 aliphatic carbocycles. The first kappa shape index (κ1) is 38.7. The van der Waals surface area contributed by atoms with Gasteiger partial charge in [0.2, 0.25) is 17.6 Å². The number of carboxylic acids is 1. The quantitative estimate of drug-likeness (QED) is 0.0968. The summed E-state index contributed by atoms with van der Waals surface area (Å²) in [4.78, 5) is 52.1. The number of nitriles is 1. The van der Waals surface area contributed by atoms with E-state index in [0.717, 1.165) is 5.56 Å². The Bertz CT molecular complexity index is 1570. The zero-order valence-corrected chi connectivity index (χ0v) is 28.4. The second-order valence-electron chi connectivity index (χ2n) is 12.8. The summed E-state index contributed by atoms with van der Waals surface area (Å²) < 4.78 is 42.0. The Morgan fingerprint density at radius 1 is 1.06 bits per heavy atom. The van der Waals surface area contributed by atoms with E-state index in [-0.39, 0.29) is 54.7 Å². The molecule has 0 bridgehead atoms. The molecule has 0 radical (unpaired) electrons. The fourth-order valence-electron chi connectivity index (χ4n) is 6.39. The first-order valence-electron chi connectivity index (χ1n) is 17.2. The van der Waals surface area contributed by atoms with Crippen LogP contribution >= 0.6 is 0 Å². The van der Waals surface area contributed by atoms with Crippen LogP contribution in [0.3, 0.4) is 0 Å². The number of benzene rings is 1. The van der Waals surface area contributed by atoms with Crippen molar-refractivity contribution in [2.45, 2.75) is 82.5 Å². The standard InChI is InChI=1S/C34H45F3N10O4/c35-34(36,37)32-44-27(20-28(45-32)47-17-3-6-26(47)30(49)41-16-12-23-8-10-24(21-38)11-9-23)46-18-13-22(14-19-46)4-1-7-29(48)43-25(31(50)51)5-2-15-42-33(39)40/h8-11,20,22,25-26H,1-7,12-19H2,(H,41,49)(H,43,48)(H,50,51)(H4,39,40,42)/t25-,26-/m0/s1. The summed E-state index contributed by atoms with van der Waals surface area (Å²) >= 11 is 0. The lowest BCUT2D eigenvalue weighted by Crippen LogP contribution is -2.44. The molecule has 17 heteroatoms. The van der Waals surface area contributed by atoms with Crippen molar-refractivity contribution in [1.82, 2.24) is 20.6 Å². The van der Waals surface area contributed by atoms with Crippen molar-refractivity contribution in [2.24, 2.45) is 22.4 Å². The van der Waals surface area contributed by atoms with E-state index < -0.39 is 30.1 Å². The van der Waals surface area contributed by atoms with Crippen LogP contribution in [-0.2, 0) is 27.0 Å². The average Bonchev–Trinajstić information content (AvgIpc) is 3.60. The predicted octanol–water partition coefficient (Wildman–Crippen LogP) is 2.70. The van der Waals surface area contributed by atoms with Crippen LogP contribution in [0.4, 0.5) is 24.8 Å². The zero-order chi connectivity index (χ0) is 37.0. The lowest BCUT2D eigenvalue weighted by molar-refractivity contribution is -0.145. The normalized spacial score (nSPS) is 17.0. The summed E-state index contributed by atoms with van der Waals surface area (Å²) in [5, 5.41) is 23.8. The maximum Gasteiger partial charge on any atom is 0.451 e. The van der Waals surface area contributed by atoms with Gasteiger partial charge in [0.15, 0.2) is 5.96 Å². The fraction of sp³-hybridized carbons (Fsp3) is 0.559. The highest BCUT2D eigenvalue weighted by atomic mass is 19.4. The highest BCUT2D eigenvalue weighted by molar-refractivity contribution is 5.86. The number of amides is 2. The predicted molar refractivity (Wildman–Crippen MR) is 184 cm³/mol. The Kier molecular flexibility index (Phi) is 13.8. The monoisotopic (exact) mass is 714 g/mol. The van der Waals surface area contributed by atoms with Crippen LogP contribution < -0.4 is 31.9 Å². The van der Waals surface area contributed by atoms with Gasteiger partial charge in [-0.25, -0.2) is 14.8 Å². The van der Waals surface area contributed by atoms with Crippen LogP contribution in [-0.4, -0.2) is 83.6 Å². The number of aliphatic carboxylic acids is 1. The minimum atomic E-state index is -4.78. The van der Waals surface area contributed by atoms with Gasteiger partial charge >= 0.3 is 12.1 Å². The number of carbonyl (C=O) groups is 3. The molecule has 7 N–H and O–H groups in total. The number of carbonyl (C=O) groups excluding carboxylic acids is 2. The van der Waals surface area contributed by atoms with E-state index in [1.54, 1.807) is 21.9 Å². The molecule has 2 atom stereocenters. The summed E-state index contributed by atoms with van der Waals surface area (Å²) in [7, 11) is 0. The number of carboxylic acid groups (broad SMARTS) is 1. The molecule has 2 aromatic rings. The third-order valence-electron chi connectivity index (χ3n) is 9.13. The van der Waals surface area contributed by atoms with Crippen molar-refractivity contribution in [3.05, 3.63) is 47.3 Å². The maximum atomic E-state index is 14.0. The van der Waals surface area contributed by atoms with Crippen molar-refractivity contribution < 1.29 is 32.7 Å². The van der Waals surface area contributed by atoms with E-state index in [4.69, 9.17) is 16.7 Å². The fourth-order valence-corrected chi connectivity index (χ4v) is 6.39. The number of nitrogens with one attached hydrogen (secondary N) is 2. The van der Waals surface area contributed by atoms with Crippen LogP contribution in [0.5, 0.6) is 0 Å². The summed E-state index contributed by atoms with van der Waals surface area (Å²) in [5.41, 5.74) is 12.0. The van der Waals surface area contributed by atoms with Gasteiger partial charge in [0.05, 0.1) is 11.6 Å². The second-order valence-corrected chi connectivity index (χ2v) is 12.8. The summed E-state index contributed by atoms with van der Waals surface area (Å²) in [6, 6.07) is 8.91. The number of hydrogen-bond acceptors (Lipinski definition) is 9. The molecule has 4 rings (SSSR count). The van der Waals surface area contributed by atoms with Crippen LogP contribution in [0.15, 0.2) is 35.3 Å². The molecule has 2 fully saturated rings. The highest BCUT2D eigenvalue weighted by Gasteiger charge is 2.39. The molecule has 3 heterocycles. The summed E-state index contributed by atoms with van der Waals surface area (Å²) in [6.07, 6.45) is 0.190. The van der Waals surface area contributed by atoms with Gasteiger partial charge in [0, 0.05) is 45.2 Å². The number of nitrogens with two attached hydrogens (primary N) is 2. The van der Waals surface area contributed by atoms with Crippen LogP contribution in [0.2, 0.25) is 0 Å². The van der Waals surface area contributed by atoms with E-state index in [0.29, 0.717) is 83.1 Å². The Morgan fingerprint density at radius 2 is 1.76 bits per heavy atom. The van der Waals surface area contributed by atoms with E-state index in [1.807, 2.05) is 12.1 Å². The lowest BCUT2D eigenvalue weighted by atomic mass is 9.91. The molecule has 0 saturated carbocycles. The van der Waals surface area contributed by atoms with Gasteiger partial charge in [-0.15, -0.1) is 0 Å². The van der Waals surface area contributed by atoms with E-state index >= 15 is 0 Å². The number of nitrogens with zero attached hydrogens (tertiary/aromatic N) is 6. The van der Waals surface area contributed by atoms with E-state index in [9.17, 15) is 32.7 Å². The Hall–Kier alpha value is -5.14. The number of anilines is 2. The molecule has 2 amide bonds. The average molecular weight is 715 g/mol. The topological polar surface area (TPSA) is 216 Å². The number of aromatic nitrogens is 2. The number of rotatable bonds is 16. The summed E-state index contributed by atoms with van der Waals surface area (Å²) in [6.45, 7) is 1.89. The highest BCUT2D eigenvalue weighted by Crippen LogP contribution is 2.34. The van der Waals surface area contributed by atoms with Crippen molar-refractivity contribution >= 4 is 35.4 Å². The zero-order valence-electron chi connectivity index (χ0n) is 28.4. The molecule has 2 saturated heterocycles. The number of hydrogen-bond donors (Lipinski definition) is 5. The Balaban J connectivity index is 1.30. The third kappa shape index (κ3) is 11.7. The molecule has 1 aromatic heterocycles. The van der Waals surface area contributed by atoms with Gasteiger partial charge in [-0.3, -0.25) is 14.6 Å². The second kappa shape index (κ2) is 18.2. The van der Waals surface area contributed by atoms with Crippen molar-refractivity contribution in [2.75, 3.05) is 42.5 Å². The number of alkyl halides is 3. The maximum absolute atomic E-state index is 14.0. The Labute approximate surface area is 294 Å². The van der Waals surface area contributed by atoms with Crippen molar-refractivity contribution in [3.8, 4) is 6.07 Å². The number of guanidine groups is 1. The SMILES string of the molecule is N#Cc1ccc(CCNC(=O)[C@@H]2CCCN2c2cc(N3CCC(CCCC(=O)N[C@@H](CCCN=C(N)N)C(=O)O)CC3)nc(C(F)(F)F)n2)cc1. The largest absolute Gasteiger partial charge is 0.480 e. The van der Waals surface area contributed by atoms with Gasteiger partial charge in [-0.1, -0.05) is 12.1 Å². The molecular weight excluding hydrogens is 669 g/mol. The number of halogens is 3. The molecule has 0 spiro atoms. The van der Waals surface area contributed by atoms with Crippen molar-refractivity contribution in [1.29, 1.82) is 5.26 Å².